The predicted octanol–water partition coefficient (Wildman–Crippen LogP) is 4.47. The highest BCUT2D eigenvalue weighted by Gasteiger charge is 2.19. The SMILES string of the molecule is CCOC(=O)C(Cl)Cc1ccc(Br)c(Cl)c1Cl. The standard InChI is InChI=1S/C11H10BrCl3O2/c1-2-17-11(16)8(13)5-6-3-4-7(12)10(15)9(6)14/h3-4,8H,2,5H2,1H3. The minimum absolute atomic E-state index is 0.284. The highest BCUT2D eigenvalue weighted by Crippen LogP contribution is 2.33. The Hall–Kier alpha value is 0.0400. The zero-order valence-corrected chi connectivity index (χ0v) is 12.8. The van der Waals surface area contributed by atoms with E-state index in [2.05, 4.69) is 15.9 Å². The Kier molecular flexibility index (Phi) is 6.07. The van der Waals surface area contributed by atoms with E-state index in [0.29, 0.717) is 26.7 Å². The molecule has 0 amide bonds. The maximum Gasteiger partial charge on any atom is 0.324 e. The van der Waals surface area contributed by atoms with Crippen molar-refractivity contribution in [2.24, 2.45) is 0 Å². The van der Waals surface area contributed by atoms with E-state index in [0.717, 1.165) is 0 Å². The lowest BCUT2D eigenvalue weighted by molar-refractivity contribution is -0.142. The molecule has 1 aromatic rings. The number of benzene rings is 1. The molecule has 0 bridgehead atoms. The third-order valence-corrected chi connectivity index (χ3v) is 4.20. The van der Waals surface area contributed by atoms with E-state index in [4.69, 9.17) is 39.5 Å². The second kappa shape index (κ2) is 6.83. The van der Waals surface area contributed by atoms with Crippen LogP contribution < -0.4 is 0 Å². The van der Waals surface area contributed by atoms with Crippen LogP contribution in [0, 0.1) is 0 Å². The number of rotatable bonds is 4. The molecule has 0 saturated heterocycles. The smallest absolute Gasteiger partial charge is 0.324 e. The first-order chi connectivity index (χ1) is 7.97. The summed E-state index contributed by atoms with van der Waals surface area (Å²) in [5, 5.41) is 0.0533. The van der Waals surface area contributed by atoms with Gasteiger partial charge in [0.25, 0.3) is 0 Å². The summed E-state index contributed by atoms with van der Waals surface area (Å²) >= 11 is 21.2. The fraction of sp³-hybridized carbons (Fsp3) is 0.364. The summed E-state index contributed by atoms with van der Waals surface area (Å²) in [6, 6.07) is 3.53. The van der Waals surface area contributed by atoms with Crippen molar-refractivity contribution >= 4 is 56.7 Å². The summed E-state index contributed by atoms with van der Waals surface area (Å²) in [4.78, 5) is 11.4. The van der Waals surface area contributed by atoms with Crippen molar-refractivity contribution in [1.29, 1.82) is 0 Å². The fourth-order valence-corrected chi connectivity index (χ4v) is 2.33. The van der Waals surface area contributed by atoms with Gasteiger partial charge < -0.3 is 4.74 Å². The Balaban J connectivity index is 2.82. The van der Waals surface area contributed by atoms with Crippen molar-refractivity contribution in [3.05, 3.63) is 32.2 Å². The summed E-state index contributed by atoms with van der Waals surface area (Å²) in [6.45, 7) is 2.03. The molecule has 6 heteroatoms. The van der Waals surface area contributed by atoms with Crippen LogP contribution in [-0.2, 0) is 16.0 Å². The molecule has 1 unspecified atom stereocenters. The van der Waals surface area contributed by atoms with Crippen LogP contribution in [0.5, 0.6) is 0 Å². The third-order valence-electron chi connectivity index (χ3n) is 2.06. The van der Waals surface area contributed by atoms with Gasteiger partial charge in [-0.1, -0.05) is 29.3 Å². The van der Waals surface area contributed by atoms with Gasteiger partial charge in [-0.15, -0.1) is 11.6 Å². The first-order valence-corrected chi connectivity index (χ1v) is 6.89. The molecule has 0 aliphatic rings. The van der Waals surface area contributed by atoms with Crippen molar-refractivity contribution in [3.8, 4) is 0 Å². The van der Waals surface area contributed by atoms with Crippen LogP contribution in [0.25, 0.3) is 0 Å². The molecule has 94 valence electrons. The Morgan fingerprint density at radius 1 is 1.41 bits per heavy atom. The summed E-state index contributed by atoms with van der Waals surface area (Å²) in [6.07, 6.45) is 0.284. The average Bonchev–Trinajstić information content (AvgIpc) is 2.30. The lowest BCUT2D eigenvalue weighted by atomic mass is 10.1. The van der Waals surface area contributed by atoms with Gasteiger partial charge in [0.2, 0.25) is 0 Å². The van der Waals surface area contributed by atoms with Crippen molar-refractivity contribution in [1.82, 2.24) is 0 Å². The molecular formula is C11H10BrCl3O2. The molecule has 2 nitrogen and oxygen atoms in total. The van der Waals surface area contributed by atoms with Gasteiger partial charge >= 0.3 is 5.97 Å². The van der Waals surface area contributed by atoms with Crippen LogP contribution >= 0.6 is 50.7 Å². The van der Waals surface area contributed by atoms with Crippen molar-refractivity contribution in [2.75, 3.05) is 6.61 Å². The first kappa shape index (κ1) is 15.1. The number of carbonyl (C=O) groups is 1. The van der Waals surface area contributed by atoms with Crippen LogP contribution in [0.1, 0.15) is 12.5 Å². The zero-order chi connectivity index (χ0) is 13.0. The number of hydrogen-bond acceptors (Lipinski definition) is 2. The normalized spacial score (nSPS) is 12.3. The van der Waals surface area contributed by atoms with Gasteiger partial charge in [0, 0.05) is 10.9 Å². The summed E-state index contributed by atoms with van der Waals surface area (Å²) in [5.41, 5.74) is 0.716. The van der Waals surface area contributed by atoms with Gasteiger partial charge in [-0.2, -0.15) is 0 Å². The van der Waals surface area contributed by atoms with Gasteiger partial charge in [0.1, 0.15) is 5.38 Å². The molecule has 1 atom stereocenters. The number of alkyl halides is 1. The topological polar surface area (TPSA) is 26.3 Å². The van der Waals surface area contributed by atoms with Crippen LogP contribution in [0.3, 0.4) is 0 Å². The minimum Gasteiger partial charge on any atom is -0.465 e. The maximum atomic E-state index is 11.4. The van der Waals surface area contributed by atoms with E-state index < -0.39 is 11.3 Å². The molecule has 0 heterocycles. The molecule has 0 aliphatic carbocycles. The van der Waals surface area contributed by atoms with E-state index in [1.54, 1.807) is 19.1 Å². The van der Waals surface area contributed by atoms with Crippen LogP contribution in [-0.4, -0.2) is 18.0 Å². The maximum absolute atomic E-state index is 11.4. The summed E-state index contributed by atoms with van der Waals surface area (Å²) in [7, 11) is 0. The first-order valence-electron chi connectivity index (χ1n) is 4.90. The molecule has 1 rings (SSSR count). The van der Waals surface area contributed by atoms with Gasteiger partial charge in [-0.05, 0) is 34.5 Å². The Bertz CT molecular complexity index is 423. The van der Waals surface area contributed by atoms with Gasteiger partial charge in [0.05, 0.1) is 16.7 Å². The number of hydrogen-bond donors (Lipinski definition) is 0. The number of ether oxygens (including phenoxy) is 1. The minimum atomic E-state index is -0.760. The lowest BCUT2D eigenvalue weighted by Crippen LogP contribution is -2.20. The van der Waals surface area contributed by atoms with E-state index in [1.807, 2.05) is 0 Å². The second-order valence-corrected chi connectivity index (χ2v) is 5.40. The number of esters is 1. The molecule has 0 radical (unpaired) electrons. The molecule has 0 saturated carbocycles. The molecule has 0 fully saturated rings. The number of carbonyl (C=O) groups excluding carboxylic acids is 1. The molecule has 0 aromatic heterocycles. The van der Waals surface area contributed by atoms with Gasteiger partial charge in [-0.3, -0.25) is 4.79 Å². The molecule has 0 spiro atoms. The molecule has 1 aromatic carbocycles. The Morgan fingerprint density at radius 3 is 2.65 bits per heavy atom. The lowest BCUT2D eigenvalue weighted by Gasteiger charge is -2.11. The van der Waals surface area contributed by atoms with Gasteiger partial charge in [-0.25, -0.2) is 0 Å². The van der Waals surface area contributed by atoms with Gasteiger partial charge in [0.15, 0.2) is 0 Å². The molecule has 0 aliphatic heterocycles. The highest BCUT2D eigenvalue weighted by atomic mass is 79.9. The quantitative estimate of drug-likeness (QED) is 0.450. The summed E-state index contributed by atoms with van der Waals surface area (Å²) < 4.78 is 5.52. The second-order valence-electron chi connectivity index (χ2n) is 3.26. The third kappa shape index (κ3) is 4.02. The average molecular weight is 360 g/mol. The van der Waals surface area contributed by atoms with Crippen LogP contribution in [0.4, 0.5) is 0 Å². The molecule has 0 N–H and O–H groups in total. The monoisotopic (exact) mass is 358 g/mol. The van der Waals surface area contributed by atoms with Crippen LogP contribution in [0.15, 0.2) is 16.6 Å². The van der Waals surface area contributed by atoms with E-state index in [-0.39, 0.29) is 6.42 Å². The van der Waals surface area contributed by atoms with E-state index >= 15 is 0 Å². The largest absolute Gasteiger partial charge is 0.465 e. The fourth-order valence-electron chi connectivity index (χ4n) is 1.23. The van der Waals surface area contributed by atoms with Crippen molar-refractivity contribution < 1.29 is 9.53 Å². The molecule has 17 heavy (non-hydrogen) atoms. The highest BCUT2D eigenvalue weighted by molar-refractivity contribution is 9.10. The zero-order valence-electron chi connectivity index (χ0n) is 8.97. The van der Waals surface area contributed by atoms with E-state index in [9.17, 15) is 4.79 Å². The number of halogens is 4. The van der Waals surface area contributed by atoms with E-state index in [1.165, 1.54) is 0 Å². The predicted molar refractivity (Wildman–Crippen MR) is 74.1 cm³/mol. The van der Waals surface area contributed by atoms with Crippen molar-refractivity contribution in [2.45, 2.75) is 18.7 Å². The van der Waals surface area contributed by atoms with Crippen LogP contribution in [0.2, 0.25) is 10.0 Å². The molecular weight excluding hydrogens is 350 g/mol. The Labute approximate surface area is 123 Å². The van der Waals surface area contributed by atoms with Crippen molar-refractivity contribution in [3.63, 3.8) is 0 Å². The Morgan fingerprint density at radius 2 is 2.06 bits per heavy atom. The summed E-state index contributed by atoms with van der Waals surface area (Å²) in [5.74, 6) is -0.454.